The zero-order valence-corrected chi connectivity index (χ0v) is 15.9. The summed E-state index contributed by atoms with van der Waals surface area (Å²) in [5, 5.41) is 3.27. The molecule has 0 unspecified atom stereocenters. The molecule has 0 saturated carbocycles. The summed E-state index contributed by atoms with van der Waals surface area (Å²) < 4.78 is 0. The van der Waals surface area contributed by atoms with Gasteiger partial charge in [-0.25, -0.2) is 0 Å². The third kappa shape index (κ3) is 4.50. The summed E-state index contributed by atoms with van der Waals surface area (Å²) in [5.41, 5.74) is 5.93. The van der Waals surface area contributed by atoms with Crippen molar-refractivity contribution in [1.82, 2.24) is 0 Å². The molecule has 0 N–H and O–H groups in total. The molecule has 0 saturated heterocycles. The quantitative estimate of drug-likeness (QED) is 0.709. The average molecular weight is 342 g/mol. The summed E-state index contributed by atoms with van der Waals surface area (Å²) in [6, 6.07) is 13.5. The third-order valence-electron chi connectivity index (χ3n) is 3.81. The van der Waals surface area contributed by atoms with Crippen molar-refractivity contribution in [3.63, 3.8) is 0 Å². The van der Waals surface area contributed by atoms with Crippen LogP contribution >= 0.6 is 0 Å². The van der Waals surface area contributed by atoms with E-state index in [1.54, 1.807) is 10.4 Å². The van der Waals surface area contributed by atoms with Crippen molar-refractivity contribution < 1.29 is 13.7 Å². The van der Waals surface area contributed by atoms with E-state index in [0.29, 0.717) is 0 Å². The van der Waals surface area contributed by atoms with Crippen LogP contribution in [0.3, 0.4) is 0 Å². The van der Waals surface area contributed by atoms with Gasteiger partial charge in [0.25, 0.3) is 0 Å². The summed E-state index contributed by atoms with van der Waals surface area (Å²) >= 11 is 2.38. The first-order valence-corrected chi connectivity index (χ1v) is 12.9. The molecule has 0 nitrogen and oxygen atoms in total. The second kappa shape index (κ2) is 8.44. The van der Waals surface area contributed by atoms with Crippen LogP contribution in [0.2, 0.25) is 0 Å². The normalized spacial score (nSPS) is 11.6. The van der Waals surface area contributed by atoms with E-state index in [1.807, 2.05) is 0 Å². The number of hydrogen-bond acceptors (Lipinski definition) is 0. The SMILES string of the molecule is Cc1cccc([SiH2][Cu][SiH2]c2cccc(C)c2C)c1C.[LiH]. The van der Waals surface area contributed by atoms with Gasteiger partial charge in [-0.2, -0.15) is 0 Å². The van der Waals surface area contributed by atoms with Gasteiger partial charge in [-0.05, 0) is 0 Å². The summed E-state index contributed by atoms with van der Waals surface area (Å²) in [6.45, 7) is 8.99. The van der Waals surface area contributed by atoms with E-state index in [1.165, 1.54) is 22.3 Å². The van der Waals surface area contributed by atoms with E-state index >= 15 is 0 Å². The van der Waals surface area contributed by atoms with E-state index in [9.17, 15) is 0 Å². The molecular formula is C16H23CuLiSi2. The van der Waals surface area contributed by atoms with Crippen LogP contribution in [0.1, 0.15) is 22.3 Å². The van der Waals surface area contributed by atoms with Crippen molar-refractivity contribution in [2.45, 2.75) is 27.7 Å². The van der Waals surface area contributed by atoms with Gasteiger partial charge in [0, 0.05) is 0 Å². The predicted molar refractivity (Wildman–Crippen MR) is 95.3 cm³/mol. The molecule has 0 atom stereocenters. The topological polar surface area (TPSA) is 0 Å². The van der Waals surface area contributed by atoms with Gasteiger partial charge < -0.3 is 0 Å². The van der Waals surface area contributed by atoms with Crippen LogP contribution in [0.4, 0.5) is 0 Å². The van der Waals surface area contributed by atoms with E-state index in [4.69, 9.17) is 0 Å². The molecule has 0 bridgehead atoms. The van der Waals surface area contributed by atoms with E-state index in [-0.39, 0.29) is 35.1 Å². The Hall–Kier alpha value is -0.00935. The molecule has 4 heteroatoms. The molecule has 2 aromatic carbocycles. The Labute approximate surface area is 145 Å². The van der Waals surface area contributed by atoms with Gasteiger partial charge in [0.05, 0.1) is 0 Å². The average Bonchev–Trinajstić information content (AvgIpc) is 2.39. The van der Waals surface area contributed by atoms with Crippen LogP contribution in [0, 0.1) is 27.7 Å². The summed E-state index contributed by atoms with van der Waals surface area (Å²) in [6.07, 6.45) is 0. The first-order chi connectivity index (χ1) is 9.09. The molecule has 107 valence electrons. The fourth-order valence-electron chi connectivity index (χ4n) is 2.05. The van der Waals surface area contributed by atoms with Gasteiger partial charge in [-0.3, -0.25) is 0 Å². The summed E-state index contributed by atoms with van der Waals surface area (Å²) in [7, 11) is -0.332. The van der Waals surface area contributed by atoms with Crippen LogP contribution < -0.4 is 10.4 Å². The Morgan fingerprint density at radius 2 is 1.10 bits per heavy atom. The molecule has 20 heavy (non-hydrogen) atoms. The van der Waals surface area contributed by atoms with Crippen molar-refractivity contribution in [2.75, 3.05) is 0 Å². The first-order valence-electron chi connectivity index (χ1n) is 6.62. The van der Waals surface area contributed by atoms with Gasteiger partial charge in [0.15, 0.2) is 0 Å². The van der Waals surface area contributed by atoms with Crippen molar-refractivity contribution in [1.29, 1.82) is 0 Å². The fraction of sp³-hybridized carbons (Fsp3) is 0.250. The fourth-order valence-corrected chi connectivity index (χ4v) is 12.7. The van der Waals surface area contributed by atoms with Crippen LogP contribution in [-0.2, 0) is 13.7 Å². The number of benzene rings is 2. The Bertz CT molecular complexity index is 533. The second-order valence-electron chi connectivity index (χ2n) is 5.08. The molecule has 0 aliphatic heterocycles. The molecule has 0 heterocycles. The van der Waals surface area contributed by atoms with Gasteiger partial charge in [0.1, 0.15) is 0 Å². The van der Waals surface area contributed by atoms with Crippen molar-refractivity contribution in [3.8, 4) is 0 Å². The number of hydrogen-bond donors (Lipinski definition) is 0. The maximum atomic E-state index is 2.38. The molecule has 0 fully saturated rings. The van der Waals surface area contributed by atoms with E-state index < -0.39 is 0 Å². The molecule has 0 aliphatic rings. The van der Waals surface area contributed by atoms with Gasteiger partial charge in [-0.15, -0.1) is 0 Å². The van der Waals surface area contributed by atoms with Crippen LogP contribution in [0.25, 0.3) is 0 Å². The van der Waals surface area contributed by atoms with Gasteiger partial charge in [0.2, 0.25) is 0 Å². The van der Waals surface area contributed by atoms with Crippen LogP contribution in [-0.4, -0.2) is 35.1 Å². The second-order valence-corrected chi connectivity index (χ2v) is 14.5. The Morgan fingerprint density at radius 1 is 0.700 bits per heavy atom. The summed E-state index contributed by atoms with van der Waals surface area (Å²) in [5.74, 6) is 0. The van der Waals surface area contributed by atoms with Crippen LogP contribution in [0.15, 0.2) is 36.4 Å². The maximum absolute atomic E-state index is 2.38. The molecule has 0 spiro atoms. The molecule has 0 amide bonds. The molecule has 2 aromatic rings. The Kier molecular flexibility index (Phi) is 7.61. The molecular weight excluding hydrogens is 319 g/mol. The van der Waals surface area contributed by atoms with E-state index in [0.717, 1.165) is 0 Å². The number of rotatable bonds is 4. The zero-order chi connectivity index (χ0) is 13.8. The zero-order valence-electron chi connectivity index (χ0n) is 12.2. The van der Waals surface area contributed by atoms with E-state index in [2.05, 4.69) is 77.8 Å². The molecule has 0 aromatic heterocycles. The standard InChI is InChI=1S/2C8H11Si.Cu.Li.H/c2*1-6-4-3-5-8(9)7(6)2;;;/h2*3-5H,9H2,1-2H3;;;. The van der Waals surface area contributed by atoms with Gasteiger partial charge >= 0.3 is 146 Å². The molecule has 0 radical (unpaired) electrons. The Morgan fingerprint density at radius 3 is 1.50 bits per heavy atom. The third-order valence-corrected chi connectivity index (χ3v) is 13.4. The Balaban J connectivity index is 0.00000200. The van der Waals surface area contributed by atoms with Crippen molar-refractivity contribution in [3.05, 3.63) is 58.7 Å². The predicted octanol–water partition coefficient (Wildman–Crippen LogP) is 0.473. The van der Waals surface area contributed by atoms with Crippen molar-refractivity contribution >= 4 is 45.5 Å². The number of aryl methyl sites for hydroxylation is 2. The monoisotopic (exact) mass is 341 g/mol. The molecule has 2 rings (SSSR count). The van der Waals surface area contributed by atoms with Crippen LogP contribution in [0.5, 0.6) is 0 Å². The minimum absolute atomic E-state index is 0. The minimum atomic E-state index is -0.166. The first kappa shape index (κ1) is 18.0. The van der Waals surface area contributed by atoms with Gasteiger partial charge in [-0.1, -0.05) is 0 Å². The molecule has 0 aliphatic carbocycles. The van der Waals surface area contributed by atoms with Crippen molar-refractivity contribution in [2.24, 2.45) is 0 Å². The summed E-state index contributed by atoms with van der Waals surface area (Å²) in [4.78, 5) is 0.